The molecule has 1 aromatic carbocycles. The highest BCUT2D eigenvalue weighted by molar-refractivity contribution is 7.91. The summed E-state index contributed by atoms with van der Waals surface area (Å²) in [5, 5.41) is 2.60. The average Bonchev–Trinajstić information content (AvgIpc) is 2.70. The van der Waals surface area contributed by atoms with E-state index in [0.717, 1.165) is 0 Å². The fraction of sp³-hybridized carbons (Fsp3) is 0.462. The topological polar surface area (TPSA) is 72.5 Å². The molecule has 116 valence electrons. The fourth-order valence-corrected chi connectivity index (χ4v) is 4.09. The third-order valence-electron chi connectivity index (χ3n) is 3.16. The van der Waals surface area contributed by atoms with E-state index in [1.165, 1.54) is 24.3 Å². The first-order chi connectivity index (χ1) is 9.84. The molecule has 1 N–H and O–H groups in total. The van der Waals surface area contributed by atoms with E-state index in [-0.39, 0.29) is 35.5 Å². The van der Waals surface area contributed by atoms with Crippen LogP contribution in [0.25, 0.3) is 0 Å². The number of sulfone groups is 1. The zero-order chi connectivity index (χ0) is 15.5. The highest BCUT2D eigenvalue weighted by atomic mass is 32.2. The van der Waals surface area contributed by atoms with Crippen LogP contribution >= 0.6 is 0 Å². The van der Waals surface area contributed by atoms with Crippen molar-refractivity contribution in [3.63, 3.8) is 0 Å². The second kappa shape index (κ2) is 6.38. The van der Waals surface area contributed by atoms with E-state index in [2.05, 4.69) is 10.1 Å². The molecule has 0 saturated carbocycles. The van der Waals surface area contributed by atoms with Crippen molar-refractivity contribution in [2.75, 3.05) is 16.8 Å². The largest absolute Gasteiger partial charge is 0.435 e. The number of halogens is 2. The molecule has 1 aromatic rings. The molecule has 1 aliphatic rings. The van der Waals surface area contributed by atoms with Crippen LogP contribution in [0.4, 0.5) is 14.5 Å². The molecule has 0 aromatic heterocycles. The Morgan fingerprint density at radius 1 is 1.33 bits per heavy atom. The molecule has 8 heteroatoms. The molecule has 1 heterocycles. The molecular formula is C13H15F2NO4S. The van der Waals surface area contributed by atoms with Crippen LogP contribution in [-0.2, 0) is 14.6 Å². The minimum atomic E-state index is -3.00. The van der Waals surface area contributed by atoms with Crippen molar-refractivity contribution in [1.29, 1.82) is 0 Å². The predicted molar refractivity (Wildman–Crippen MR) is 73.1 cm³/mol. The maximum atomic E-state index is 12.0. The molecule has 0 spiro atoms. The Morgan fingerprint density at radius 3 is 2.52 bits per heavy atom. The highest BCUT2D eigenvalue weighted by Gasteiger charge is 2.29. The van der Waals surface area contributed by atoms with Crippen molar-refractivity contribution in [3.05, 3.63) is 24.3 Å². The van der Waals surface area contributed by atoms with Gasteiger partial charge in [-0.1, -0.05) is 0 Å². The first-order valence-electron chi connectivity index (χ1n) is 6.39. The van der Waals surface area contributed by atoms with Gasteiger partial charge in [0.2, 0.25) is 5.91 Å². The number of hydrogen-bond donors (Lipinski definition) is 1. The van der Waals surface area contributed by atoms with Crippen LogP contribution in [-0.4, -0.2) is 32.4 Å². The summed E-state index contributed by atoms with van der Waals surface area (Å²) in [5.74, 6) is -0.271. The molecule has 2 rings (SSSR count). The number of nitrogens with one attached hydrogen (secondary N) is 1. The van der Waals surface area contributed by atoms with Crippen LogP contribution in [0.1, 0.15) is 12.8 Å². The van der Waals surface area contributed by atoms with Crippen molar-refractivity contribution in [2.45, 2.75) is 19.5 Å². The number of hydrogen-bond acceptors (Lipinski definition) is 4. The van der Waals surface area contributed by atoms with Crippen LogP contribution in [0.2, 0.25) is 0 Å². The lowest BCUT2D eigenvalue weighted by atomic mass is 10.1. The Kier molecular flexibility index (Phi) is 4.76. The number of carbonyl (C=O) groups is 1. The standard InChI is InChI=1S/C13H15F2NO4S/c14-13(15)20-11-3-1-10(2-4-11)16-12(17)7-9-5-6-21(18,19)8-9/h1-4,9,13H,5-8H2,(H,16,17). The van der Waals surface area contributed by atoms with Crippen LogP contribution < -0.4 is 10.1 Å². The van der Waals surface area contributed by atoms with Crippen molar-refractivity contribution in [1.82, 2.24) is 0 Å². The smallest absolute Gasteiger partial charge is 0.387 e. The van der Waals surface area contributed by atoms with Gasteiger partial charge in [-0.3, -0.25) is 4.79 Å². The summed E-state index contributed by atoms with van der Waals surface area (Å²) in [6.45, 7) is -2.89. The molecule has 5 nitrogen and oxygen atoms in total. The van der Waals surface area contributed by atoms with E-state index in [1.54, 1.807) is 0 Å². The molecule has 21 heavy (non-hydrogen) atoms. The van der Waals surface area contributed by atoms with Crippen molar-refractivity contribution < 1.29 is 26.7 Å². The normalized spacial score (nSPS) is 20.4. The first kappa shape index (κ1) is 15.7. The summed E-state index contributed by atoms with van der Waals surface area (Å²) in [5.41, 5.74) is 0.447. The van der Waals surface area contributed by atoms with Gasteiger partial charge in [0.05, 0.1) is 11.5 Å². The van der Waals surface area contributed by atoms with Gasteiger partial charge in [-0.2, -0.15) is 8.78 Å². The van der Waals surface area contributed by atoms with Gasteiger partial charge in [-0.05, 0) is 36.6 Å². The first-order valence-corrected chi connectivity index (χ1v) is 8.21. The fourth-order valence-electron chi connectivity index (χ4n) is 2.23. The molecule has 1 atom stereocenters. The molecular weight excluding hydrogens is 304 g/mol. The van der Waals surface area contributed by atoms with Crippen molar-refractivity contribution >= 4 is 21.4 Å². The van der Waals surface area contributed by atoms with Crippen molar-refractivity contribution in [3.8, 4) is 5.75 Å². The van der Waals surface area contributed by atoms with Crippen LogP contribution in [0.5, 0.6) is 5.75 Å². The summed E-state index contributed by atoms with van der Waals surface area (Å²) in [6.07, 6.45) is 0.630. The molecule has 1 amide bonds. The lowest BCUT2D eigenvalue weighted by Gasteiger charge is -2.09. The maximum Gasteiger partial charge on any atom is 0.387 e. The van der Waals surface area contributed by atoms with E-state index >= 15 is 0 Å². The quantitative estimate of drug-likeness (QED) is 0.901. The minimum Gasteiger partial charge on any atom is -0.435 e. The van der Waals surface area contributed by atoms with Gasteiger partial charge in [0.25, 0.3) is 0 Å². The minimum absolute atomic E-state index is 0.00452. The third kappa shape index (κ3) is 4.96. The van der Waals surface area contributed by atoms with Crippen molar-refractivity contribution in [2.24, 2.45) is 5.92 Å². The van der Waals surface area contributed by atoms with Gasteiger partial charge >= 0.3 is 6.61 Å². The van der Waals surface area contributed by atoms with E-state index < -0.39 is 16.4 Å². The van der Waals surface area contributed by atoms with Gasteiger partial charge in [0.1, 0.15) is 5.75 Å². The molecule has 0 radical (unpaired) electrons. The van der Waals surface area contributed by atoms with Crippen LogP contribution in [0.15, 0.2) is 24.3 Å². The van der Waals surface area contributed by atoms with E-state index in [9.17, 15) is 22.0 Å². The van der Waals surface area contributed by atoms with E-state index in [1.807, 2.05) is 0 Å². The van der Waals surface area contributed by atoms with Gasteiger partial charge in [0.15, 0.2) is 9.84 Å². The number of amides is 1. The Balaban J connectivity index is 1.85. The number of anilines is 1. The molecule has 0 aliphatic carbocycles. The second-order valence-electron chi connectivity index (χ2n) is 4.92. The number of carbonyl (C=O) groups excluding carboxylic acids is 1. The molecule has 1 saturated heterocycles. The number of alkyl halides is 2. The summed E-state index contributed by atoms with van der Waals surface area (Å²) < 4.78 is 50.8. The molecule has 1 fully saturated rings. The van der Waals surface area contributed by atoms with Crippen LogP contribution in [0, 0.1) is 5.92 Å². The lowest BCUT2D eigenvalue weighted by molar-refractivity contribution is -0.116. The lowest BCUT2D eigenvalue weighted by Crippen LogP contribution is -2.17. The van der Waals surface area contributed by atoms with E-state index in [4.69, 9.17) is 0 Å². The molecule has 0 bridgehead atoms. The Hall–Kier alpha value is -1.70. The Morgan fingerprint density at radius 2 is 2.00 bits per heavy atom. The monoisotopic (exact) mass is 319 g/mol. The Labute approximate surface area is 121 Å². The predicted octanol–water partition coefficient (Wildman–Crippen LogP) is 2.05. The van der Waals surface area contributed by atoms with Gasteiger partial charge < -0.3 is 10.1 Å². The molecule has 1 unspecified atom stereocenters. The SMILES string of the molecule is O=C(CC1CCS(=O)(=O)C1)Nc1ccc(OC(F)F)cc1. The number of ether oxygens (including phenoxy) is 1. The zero-order valence-electron chi connectivity index (χ0n) is 11.1. The maximum absolute atomic E-state index is 12.0. The summed E-state index contributed by atoms with van der Waals surface area (Å²) >= 11 is 0. The van der Waals surface area contributed by atoms with Gasteiger partial charge in [-0.15, -0.1) is 0 Å². The number of rotatable bonds is 5. The highest BCUT2D eigenvalue weighted by Crippen LogP contribution is 2.23. The molecule has 1 aliphatic heterocycles. The van der Waals surface area contributed by atoms with Gasteiger partial charge in [0, 0.05) is 12.1 Å². The second-order valence-corrected chi connectivity index (χ2v) is 7.15. The number of benzene rings is 1. The summed E-state index contributed by atoms with van der Waals surface area (Å²) in [7, 11) is -3.00. The third-order valence-corrected chi connectivity index (χ3v) is 5.00. The Bertz CT molecular complexity index is 601. The van der Waals surface area contributed by atoms with E-state index in [0.29, 0.717) is 12.1 Å². The average molecular weight is 319 g/mol. The van der Waals surface area contributed by atoms with Crippen LogP contribution in [0.3, 0.4) is 0 Å². The summed E-state index contributed by atoms with van der Waals surface area (Å²) in [6, 6.07) is 5.53. The summed E-state index contributed by atoms with van der Waals surface area (Å²) in [4.78, 5) is 11.8. The van der Waals surface area contributed by atoms with Gasteiger partial charge in [-0.25, -0.2) is 8.42 Å². The zero-order valence-corrected chi connectivity index (χ0v) is 11.9.